The molecule has 0 radical (unpaired) electrons. The first kappa shape index (κ1) is 22.3. The second-order valence-electron chi connectivity index (χ2n) is 9.05. The van der Waals surface area contributed by atoms with Crippen molar-refractivity contribution in [2.75, 3.05) is 13.7 Å². The fraction of sp³-hybridized carbons (Fsp3) is 0.889. The van der Waals surface area contributed by atoms with Crippen molar-refractivity contribution in [1.29, 1.82) is 0 Å². The van der Waals surface area contributed by atoms with E-state index in [1.165, 1.54) is 7.11 Å². The number of esters is 1. The predicted molar refractivity (Wildman–Crippen MR) is 96.9 cm³/mol. The quantitative estimate of drug-likeness (QED) is 0.506. The van der Waals surface area contributed by atoms with E-state index in [-0.39, 0.29) is 35.0 Å². The highest BCUT2D eigenvalue weighted by Gasteiger charge is 2.40. The van der Waals surface area contributed by atoms with E-state index in [4.69, 9.17) is 9.16 Å². The second kappa shape index (κ2) is 7.93. The largest absolute Gasteiger partial charge is 0.469 e. The number of ether oxygens (including phenoxy) is 1. The van der Waals surface area contributed by atoms with Crippen molar-refractivity contribution in [3.05, 3.63) is 0 Å². The summed E-state index contributed by atoms with van der Waals surface area (Å²) in [5.41, 5.74) is -0.482. The van der Waals surface area contributed by atoms with Crippen LogP contribution in [0, 0.1) is 17.3 Å². The Morgan fingerprint density at radius 1 is 1.04 bits per heavy atom. The number of ketones is 1. The van der Waals surface area contributed by atoms with Gasteiger partial charge in [0.05, 0.1) is 13.5 Å². The van der Waals surface area contributed by atoms with Gasteiger partial charge in [-0.15, -0.1) is 0 Å². The fourth-order valence-electron chi connectivity index (χ4n) is 2.04. The van der Waals surface area contributed by atoms with Gasteiger partial charge in [-0.1, -0.05) is 48.5 Å². The molecule has 0 aliphatic rings. The van der Waals surface area contributed by atoms with Crippen LogP contribution < -0.4 is 0 Å². The first-order chi connectivity index (χ1) is 10.1. The van der Waals surface area contributed by atoms with Gasteiger partial charge in [-0.25, -0.2) is 0 Å². The lowest BCUT2D eigenvalue weighted by molar-refractivity contribution is -0.146. The van der Waals surface area contributed by atoms with Crippen LogP contribution in [-0.4, -0.2) is 33.8 Å². The highest BCUT2D eigenvalue weighted by molar-refractivity contribution is 6.74. The standard InChI is InChI=1S/C18H36O4Si/c1-13(12-22-23(9,10)18(5,6)7)14(11-15(19)21-8)16(20)17(2,3)4/h13-14H,11-12H2,1-10H3/t13-,14+/m1/s1. The summed E-state index contributed by atoms with van der Waals surface area (Å²) in [5, 5.41) is 0.124. The summed E-state index contributed by atoms with van der Waals surface area (Å²) in [4.78, 5) is 24.4. The number of hydrogen-bond acceptors (Lipinski definition) is 4. The molecule has 0 aliphatic carbocycles. The van der Waals surface area contributed by atoms with Crippen LogP contribution in [0.4, 0.5) is 0 Å². The molecule has 0 heterocycles. The molecule has 0 aromatic rings. The minimum Gasteiger partial charge on any atom is -0.469 e. The van der Waals surface area contributed by atoms with Crippen molar-refractivity contribution in [2.24, 2.45) is 17.3 Å². The topological polar surface area (TPSA) is 52.6 Å². The lowest BCUT2D eigenvalue weighted by Gasteiger charge is -2.38. The third kappa shape index (κ3) is 6.75. The summed E-state index contributed by atoms with van der Waals surface area (Å²) in [6, 6.07) is 0. The van der Waals surface area contributed by atoms with E-state index < -0.39 is 13.7 Å². The van der Waals surface area contributed by atoms with Gasteiger partial charge in [0.15, 0.2) is 8.32 Å². The molecule has 0 spiro atoms. The van der Waals surface area contributed by atoms with E-state index >= 15 is 0 Å². The first-order valence-corrected chi connectivity index (χ1v) is 11.3. The summed E-state index contributed by atoms with van der Waals surface area (Å²) < 4.78 is 11.0. The van der Waals surface area contributed by atoms with Gasteiger partial charge in [0, 0.05) is 17.9 Å². The average molecular weight is 345 g/mol. The fourth-order valence-corrected chi connectivity index (χ4v) is 3.16. The number of rotatable bonds is 7. The van der Waals surface area contributed by atoms with Crippen LogP contribution in [0.1, 0.15) is 54.9 Å². The minimum absolute atomic E-state index is 0.0186. The van der Waals surface area contributed by atoms with Crippen molar-refractivity contribution in [3.8, 4) is 0 Å². The summed E-state index contributed by atoms with van der Waals surface area (Å²) in [5.74, 6) is -0.636. The molecule has 0 unspecified atom stereocenters. The number of Topliss-reactive ketones (excluding diaryl/α,β-unsaturated/α-hetero) is 1. The van der Waals surface area contributed by atoms with Gasteiger partial charge in [-0.3, -0.25) is 9.59 Å². The van der Waals surface area contributed by atoms with Crippen LogP contribution in [0.2, 0.25) is 18.1 Å². The third-order valence-corrected chi connectivity index (χ3v) is 9.39. The normalized spacial score (nSPS) is 15.9. The van der Waals surface area contributed by atoms with Crippen LogP contribution in [0.5, 0.6) is 0 Å². The van der Waals surface area contributed by atoms with Gasteiger partial charge in [-0.2, -0.15) is 0 Å². The van der Waals surface area contributed by atoms with Crippen molar-refractivity contribution in [3.63, 3.8) is 0 Å². The maximum Gasteiger partial charge on any atom is 0.306 e. The Labute approximate surface area is 143 Å². The van der Waals surface area contributed by atoms with Crippen LogP contribution in [-0.2, 0) is 18.8 Å². The van der Waals surface area contributed by atoms with Crippen LogP contribution in [0.15, 0.2) is 0 Å². The first-order valence-electron chi connectivity index (χ1n) is 8.38. The molecule has 0 bridgehead atoms. The molecule has 2 atom stereocenters. The van der Waals surface area contributed by atoms with Crippen LogP contribution >= 0.6 is 0 Å². The lowest BCUT2D eigenvalue weighted by Crippen LogP contribution is -2.43. The Hall–Kier alpha value is -0.683. The van der Waals surface area contributed by atoms with Gasteiger partial charge in [-0.05, 0) is 24.1 Å². The molecule has 4 nitrogen and oxygen atoms in total. The molecule has 0 aromatic carbocycles. The smallest absolute Gasteiger partial charge is 0.306 e. The van der Waals surface area contributed by atoms with E-state index in [0.717, 1.165) is 0 Å². The molecule has 0 amide bonds. The molecule has 0 fully saturated rings. The Morgan fingerprint density at radius 3 is 1.87 bits per heavy atom. The van der Waals surface area contributed by atoms with E-state index in [2.05, 4.69) is 33.9 Å². The molecule has 23 heavy (non-hydrogen) atoms. The Morgan fingerprint density at radius 2 is 1.52 bits per heavy atom. The molecule has 136 valence electrons. The predicted octanol–water partition coefficient (Wildman–Crippen LogP) is 4.44. The highest BCUT2D eigenvalue weighted by atomic mass is 28.4. The zero-order valence-electron chi connectivity index (χ0n) is 16.7. The van der Waals surface area contributed by atoms with Crippen LogP contribution in [0.3, 0.4) is 0 Å². The van der Waals surface area contributed by atoms with E-state index in [1.54, 1.807) is 0 Å². The molecule has 5 heteroatoms. The SMILES string of the molecule is COC(=O)C[C@H](C(=O)C(C)(C)C)[C@H](C)CO[Si](C)(C)C(C)(C)C. The monoisotopic (exact) mass is 344 g/mol. The summed E-state index contributed by atoms with van der Waals surface area (Å²) in [7, 11) is -0.511. The zero-order valence-corrected chi connectivity index (χ0v) is 17.7. The Bertz CT molecular complexity index is 416. The third-order valence-electron chi connectivity index (χ3n) is 4.89. The van der Waals surface area contributed by atoms with Crippen molar-refractivity contribution in [1.82, 2.24) is 0 Å². The number of carbonyl (C=O) groups is 2. The molecule has 0 saturated heterocycles. The summed E-state index contributed by atoms with van der Waals surface area (Å²) >= 11 is 0. The average Bonchev–Trinajstić information content (AvgIpc) is 2.38. The Kier molecular flexibility index (Phi) is 7.69. The molecular formula is C18H36O4Si. The number of methoxy groups -OCH3 is 1. The molecule has 0 saturated carbocycles. The van der Waals surface area contributed by atoms with Gasteiger partial charge in [0.25, 0.3) is 0 Å². The van der Waals surface area contributed by atoms with E-state index in [9.17, 15) is 9.59 Å². The number of hydrogen-bond donors (Lipinski definition) is 0. The maximum atomic E-state index is 12.7. The molecule has 0 N–H and O–H groups in total. The summed E-state index contributed by atoms with van der Waals surface area (Å²) in [6.45, 7) is 19.1. The van der Waals surface area contributed by atoms with Gasteiger partial charge >= 0.3 is 5.97 Å². The summed E-state index contributed by atoms with van der Waals surface area (Å²) in [6.07, 6.45) is 0.120. The Balaban J connectivity index is 5.12. The van der Waals surface area contributed by atoms with Crippen molar-refractivity contribution >= 4 is 20.1 Å². The molecule has 0 aromatic heterocycles. The van der Waals surface area contributed by atoms with E-state index in [1.807, 2.05) is 27.7 Å². The van der Waals surface area contributed by atoms with Gasteiger partial charge < -0.3 is 9.16 Å². The lowest BCUT2D eigenvalue weighted by atomic mass is 9.76. The maximum absolute atomic E-state index is 12.7. The van der Waals surface area contributed by atoms with Crippen molar-refractivity contribution < 1.29 is 18.8 Å². The van der Waals surface area contributed by atoms with Gasteiger partial charge in [0.1, 0.15) is 5.78 Å². The second-order valence-corrected chi connectivity index (χ2v) is 13.9. The van der Waals surface area contributed by atoms with Crippen LogP contribution in [0.25, 0.3) is 0 Å². The molecular weight excluding hydrogens is 308 g/mol. The molecule has 0 aliphatic heterocycles. The zero-order chi connectivity index (χ0) is 18.6. The minimum atomic E-state index is -1.87. The van der Waals surface area contributed by atoms with Gasteiger partial charge in [0.2, 0.25) is 0 Å². The highest BCUT2D eigenvalue weighted by Crippen LogP contribution is 2.37. The molecule has 0 rings (SSSR count). The van der Waals surface area contributed by atoms with Crippen molar-refractivity contribution in [2.45, 2.75) is 73.0 Å². The van der Waals surface area contributed by atoms with E-state index in [0.29, 0.717) is 6.61 Å². The number of carbonyl (C=O) groups excluding carboxylic acids is 2.